The normalized spacial score (nSPS) is 17.0. The molecule has 2 N–H and O–H groups in total. The third-order valence-corrected chi connectivity index (χ3v) is 4.90. The van der Waals surface area contributed by atoms with Crippen molar-refractivity contribution in [2.75, 3.05) is 52.9 Å². The molecule has 2 aliphatic heterocycles. The van der Waals surface area contributed by atoms with Crippen molar-refractivity contribution in [2.45, 2.75) is 32.6 Å². The number of nitrogens with zero attached hydrogens (tertiary/aromatic N) is 1. The van der Waals surface area contributed by atoms with Crippen molar-refractivity contribution in [1.29, 1.82) is 0 Å². The van der Waals surface area contributed by atoms with Crippen molar-refractivity contribution >= 4 is 5.96 Å². The lowest BCUT2D eigenvalue weighted by molar-refractivity contribution is 0.0205. The van der Waals surface area contributed by atoms with E-state index in [1.165, 1.54) is 5.56 Å². The SMILES string of the molecule is CCNC(=NCCCOCC1CCOCC1)NCCc1ccc2c(c1)OCO2. The summed E-state index contributed by atoms with van der Waals surface area (Å²) in [6.45, 7) is 8.16. The summed E-state index contributed by atoms with van der Waals surface area (Å²) in [7, 11) is 0. The molecule has 2 aliphatic rings. The molecule has 0 amide bonds. The molecule has 28 heavy (non-hydrogen) atoms. The third-order valence-electron chi connectivity index (χ3n) is 4.90. The van der Waals surface area contributed by atoms with Gasteiger partial charge in [0.25, 0.3) is 0 Å². The second-order valence-corrected chi connectivity index (χ2v) is 7.11. The van der Waals surface area contributed by atoms with Gasteiger partial charge >= 0.3 is 0 Å². The average molecular weight is 392 g/mol. The summed E-state index contributed by atoms with van der Waals surface area (Å²) >= 11 is 0. The zero-order valence-electron chi connectivity index (χ0n) is 16.9. The minimum atomic E-state index is 0.313. The first kappa shape index (κ1) is 20.7. The summed E-state index contributed by atoms with van der Waals surface area (Å²) in [6, 6.07) is 6.09. The first-order valence-corrected chi connectivity index (χ1v) is 10.4. The van der Waals surface area contributed by atoms with Crippen LogP contribution in [-0.2, 0) is 15.9 Å². The minimum Gasteiger partial charge on any atom is -0.454 e. The van der Waals surface area contributed by atoms with Crippen molar-refractivity contribution in [3.63, 3.8) is 0 Å². The fourth-order valence-corrected chi connectivity index (χ4v) is 3.28. The summed E-state index contributed by atoms with van der Waals surface area (Å²) < 4.78 is 22.0. The van der Waals surface area contributed by atoms with Crippen LogP contribution in [0.2, 0.25) is 0 Å². The molecule has 0 atom stereocenters. The summed E-state index contributed by atoms with van der Waals surface area (Å²) in [4.78, 5) is 4.64. The van der Waals surface area contributed by atoms with Crippen LogP contribution in [0.4, 0.5) is 0 Å². The molecule has 1 saturated heterocycles. The predicted molar refractivity (Wildman–Crippen MR) is 109 cm³/mol. The van der Waals surface area contributed by atoms with Crippen LogP contribution in [0.5, 0.6) is 11.5 Å². The highest BCUT2D eigenvalue weighted by Crippen LogP contribution is 2.32. The molecule has 3 rings (SSSR count). The number of aliphatic imine (C=N–C) groups is 1. The number of hydrogen-bond donors (Lipinski definition) is 2. The summed E-state index contributed by atoms with van der Waals surface area (Å²) in [6.07, 6.45) is 4.07. The molecule has 2 heterocycles. The molecule has 156 valence electrons. The summed E-state index contributed by atoms with van der Waals surface area (Å²) in [5.41, 5.74) is 1.22. The quantitative estimate of drug-likeness (QED) is 0.362. The Morgan fingerprint density at radius 1 is 1.18 bits per heavy atom. The number of guanidine groups is 1. The van der Waals surface area contributed by atoms with E-state index >= 15 is 0 Å². The van der Waals surface area contributed by atoms with E-state index in [1.807, 2.05) is 12.1 Å². The first-order valence-electron chi connectivity index (χ1n) is 10.4. The molecule has 7 heteroatoms. The van der Waals surface area contributed by atoms with E-state index in [1.54, 1.807) is 0 Å². The van der Waals surface area contributed by atoms with Gasteiger partial charge in [-0.1, -0.05) is 6.07 Å². The van der Waals surface area contributed by atoms with Crippen LogP contribution in [-0.4, -0.2) is 58.8 Å². The Kier molecular flexibility index (Phi) is 8.71. The standard InChI is InChI=1S/C21H33N3O4/c1-2-22-21(23-9-3-11-26-15-18-7-12-25-13-8-18)24-10-6-17-4-5-19-20(14-17)28-16-27-19/h4-5,14,18H,2-3,6-13,15-16H2,1H3,(H2,22,23,24). The number of rotatable bonds is 10. The van der Waals surface area contributed by atoms with Crippen molar-refractivity contribution in [1.82, 2.24) is 10.6 Å². The molecule has 1 aromatic carbocycles. The molecule has 0 bridgehead atoms. The van der Waals surface area contributed by atoms with Gasteiger partial charge in [0.15, 0.2) is 17.5 Å². The summed E-state index contributed by atoms with van der Waals surface area (Å²) in [5.74, 6) is 3.17. The fourth-order valence-electron chi connectivity index (χ4n) is 3.28. The van der Waals surface area contributed by atoms with Crippen LogP contribution < -0.4 is 20.1 Å². The van der Waals surface area contributed by atoms with Crippen LogP contribution in [0.3, 0.4) is 0 Å². The molecule has 0 saturated carbocycles. The molecular formula is C21H33N3O4. The fraction of sp³-hybridized carbons (Fsp3) is 0.667. The van der Waals surface area contributed by atoms with Gasteiger partial charge in [0.1, 0.15) is 0 Å². The minimum absolute atomic E-state index is 0.313. The van der Waals surface area contributed by atoms with Crippen molar-refractivity contribution in [3.05, 3.63) is 23.8 Å². The topological polar surface area (TPSA) is 73.3 Å². The van der Waals surface area contributed by atoms with Gasteiger partial charge in [0, 0.05) is 46.1 Å². The van der Waals surface area contributed by atoms with E-state index in [2.05, 4.69) is 28.6 Å². The lowest BCUT2D eigenvalue weighted by atomic mass is 10.0. The molecule has 0 aromatic heterocycles. The highest BCUT2D eigenvalue weighted by Gasteiger charge is 2.14. The molecule has 0 radical (unpaired) electrons. The maximum Gasteiger partial charge on any atom is 0.231 e. The van der Waals surface area contributed by atoms with Gasteiger partial charge in [-0.05, 0) is 56.2 Å². The van der Waals surface area contributed by atoms with E-state index in [0.29, 0.717) is 12.7 Å². The zero-order valence-corrected chi connectivity index (χ0v) is 16.9. The van der Waals surface area contributed by atoms with Gasteiger partial charge in [0.2, 0.25) is 6.79 Å². The van der Waals surface area contributed by atoms with E-state index in [0.717, 1.165) is 89.2 Å². The molecule has 0 spiro atoms. The maximum absolute atomic E-state index is 5.80. The molecule has 1 fully saturated rings. The Morgan fingerprint density at radius 2 is 2.04 bits per heavy atom. The van der Waals surface area contributed by atoms with Crippen LogP contribution >= 0.6 is 0 Å². The van der Waals surface area contributed by atoms with Crippen LogP contribution in [0.25, 0.3) is 0 Å². The Bertz CT molecular complexity index is 618. The monoisotopic (exact) mass is 391 g/mol. The Labute approximate surface area is 167 Å². The van der Waals surface area contributed by atoms with Gasteiger partial charge in [-0.2, -0.15) is 0 Å². The lowest BCUT2D eigenvalue weighted by Gasteiger charge is -2.21. The number of hydrogen-bond acceptors (Lipinski definition) is 5. The highest BCUT2D eigenvalue weighted by atomic mass is 16.7. The highest BCUT2D eigenvalue weighted by molar-refractivity contribution is 5.79. The second kappa shape index (κ2) is 11.8. The van der Waals surface area contributed by atoms with Crippen molar-refractivity contribution in [3.8, 4) is 11.5 Å². The lowest BCUT2D eigenvalue weighted by Crippen LogP contribution is -2.38. The smallest absolute Gasteiger partial charge is 0.231 e. The molecule has 0 unspecified atom stereocenters. The third kappa shape index (κ3) is 6.87. The van der Waals surface area contributed by atoms with Crippen LogP contribution in [0.1, 0.15) is 31.7 Å². The van der Waals surface area contributed by atoms with E-state index in [-0.39, 0.29) is 0 Å². The number of fused-ring (bicyclic) bond motifs is 1. The summed E-state index contributed by atoms with van der Waals surface area (Å²) in [5, 5.41) is 6.68. The number of benzene rings is 1. The Hall–Kier alpha value is -1.99. The first-order chi connectivity index (χ1) is 13.8. The van der Waals surface area contributed by atoms with Gasteiger partial charge in [0.05, 0.1) is 0 Å². The van der Waals surface area contributed by atoms with Crippen LogP contribution in [0, 0.1) is 5.92 Å². The number of nitrogens with one attached hydrogen (secondary N) is 2. The van der Waals surface area contributed by atoms with E-state index in [4.69, 9.17) is 18.9 Å². The number of ether oxygens (including phenoxy) is 4. The van der Waals surface area contributed by atoms with Crippen LogP contribution in [0.15, 0.2) is 23.2 Å². The Morgan fingerprint density at radius 3 is 2.89 bits per heavy atom. The predicted octanol–water partition coefficient (Wildman–Crippen LogP) is 2.35. The van der Waals surface area contributed by atoms with Gasteiger partial charge in [-0.15, -0.1) is 0 Å². The van der Waals surface area contributed by atoms with E-state index < -0.39 is 0 Å². The van der Waals surface area contributed by atoms with Gasteiger partial charge in [-0.25, -0.2) is 0 Å². The maximum atomic E-state index is 5.80. The van der Waals surface area contributed by atoms with Gasteiger partial charge < -0.3 is 29.6 Å². The molecule has 7 nitrogen and oxygen atoms in total. The average Bonchev–Trinajstić information content (AvgIpc) is 3.19. The molecule has 1 aromatic rings. The van der Waals surface area contributed by atoms with Crippen molar-refractivity contribution < 1.29 is 18.9 Å². The second-order valence-electron chi connectivity index (χ2n) is 7.11. The Balaban J connectivity index is 1.31. The zero-order chi connectivity index (χ0) is 19.4. The van der Waals surface area contributed by atoms with E-state index in [9.17, 15) is 0 Å². The molecular weight excluding hydrogens is 358 g/mol. The van der Waals surface area contributed by atoms with Crippen molar-refractivity contribution in [2.24, 2.45) is 10.9 Å². The van der Waals surface area contributed by atoms with Gasteiger partial charge in [-0.3, -0.25) is 4.99 Å². The largest absolute Gasteiger partial charge is 0.454 e. The molecule has 0 aliphatic carbocycles.